The van der Waals surface area contributed by atoms with Gasteiger partial charge in [0.1, 0.15) is 0 Å². The Hall–Kier alpha value is -2.20. The smallest absolute Gasteiger partial charge is 0.321 e. The Balaban J connectivity index is 1.59. The molecular formula is C19H22ClN3O. The number of rotatable bonds is 2. The quantitative estimate of drug-likeness (QED) is 0.881. The minimum atomic E-state index is -0.0404. The second kappa shape index (κ2) is 7.14. The Morgan fingerprint density at radius 1 is 1.00 bits per heavy atom. The lowest BCUT2D eigenvalue weighted by Crippen LogP contribution is -2.50. The largest absolute Gasteiger partial charge is 0.368 e. The number of urea groups is 1. The van der Waals surface area contributed by atoms with Crippen LogP contribution in [0.1, 0.15) is 11.1 Å². The molecule has 4 nitrogen and oxygen atoms in total. The Labute approximate surface area is 148 Å². The molecule has 1 heterocycles. The minimum absolute atomic E-state index is 0.0404. The van der Waals surface area contributed by atoms with E-state index in [0.717, 1.165) is 35.1 Å². The SMILES string of the molecule is Cc1ccc(NC(=O)N2CCN(c3cccc(Cl)c3C)CC2)cc1. The van der Waals surface area contributed by atoms with E-state index in [2.05, 4.69) is 16.3 Å². The third-order valence-corrected chi connectivity index (χ3v) is 4.86. The maximum Gasteiger partial charge on any atom is 0.321 e. The molecule has 0 saturated carbocycles. The maximum absolute atomic E-state index is 12.4. The fourth-order valence-electron chi connectivity index (χ4n) is 2.93. The zero-order chi connectivity index (χ0) is 17.1. The van der Waals surface area contributed by atoms with E-state index in [4.69, 9.17) is 11.6 Å². The fourth-order valence-corrected chi connectivity index (χ4v) is 3.10. The van der Waals surface area contributed by atoms with E-state index < -0.39 is 0 Å². The molecular weight excluding hydrogens is 322 g/mol. The minimum Gasteiger partial charge on any atom is -0.368 e. The van der Waals surface area contributed by atoms with Crippen LogP contribution in [0.4, 0.5) is 16.2 Å². The zero-order valence-corrected chi connectivity index (χ0v) is 14.8. The van der Waals surface area contributed by atoms with Gasteiger partial charge in [-0.15, -0.1) is 0 Å². The third-order valence-electron chi connectivity index (χ3n) is 4.45. The van der Waals surface area contributed by atoms with Gasteiger partial charge in [-0.2, -0.15) is 0 Å². The lowest BCUT2D eigenvalue weighted by atomic mass is 10.1. The predicted molar refractivity (Wildman–Crippen MR) is 100 cm³/mol. The van der Waals surface area contributed by atoms with Gasteiger partial charge in [0.05, 0.1) is 0 Å². The highest BCUT2D eigenvalue weighted by Gasteiger charge is 2.22. The lowest BCUT2D eigenvalue weighted by Gasteiger charge is -2.36. The molecule has 126 valence electrons. The van der Waals surface area contributed by atoms with Crippen molar-refractivity contribution in [3.05, 3.63) is 58.6 Å². The molecule has 0 aliphatic carbocycles. The standard InChI is InChI=1S/C19H22ClN3O/c1-14-6-8-16(9-7-14)21-19(24)23-12-10-22(11-13-23)18-5-3-4-17(20)15(18)2/h3-9H,10-13H2,1-2H3,(H,21,24). The molecule has 2 amide bonds. The van der Waals surface area contributed by atoms with Gasteiger partial charge in [0.25, 0.3) is 0 Å². The van der Waals surface area contributed by atoms with Crippen molar-refractivity contribution in [3.63, 3.8) is 0 Å². The van der Waals surface area contributed by atoms with Crippen LogP contribution >= 0.6 is 11.6 Å². The van der Waals surface area contributed by atoms with Gasteiger partial charge in [-0.3, -0.25) is 0 Å². The van der Waals surface area contributed by atoms with E-state index in [-0.39, 0.29) is 6.03 Å². The number of carbonyl (C=O) groups is 1. The molecule has 1 fully saturated rings. The molecule has 0 aromatic heterocycles. The van der Waals surface area contributed by atoms with Crippen molar-refractivity contribution in [2.45, 2.75) is 13.8 Å². The molecule has 2 aromatic rings. The normalized spacial score (nSPS) is 14.6. The number of anilines is 2. The average Bonchev–Trinajstić information content (AvgIpc) is 2.59. The second-order valence-electron chi connectivity index (χ2n) is 6.15. The molecule has 1 saturated heterocycles. The summed E-state index contributed by atoms with van der Waals surface area (Å²) < 4.78 is 0. The lowest BCUT2D eigenvalue weighted by molar-refractivity contribution is 0.208. The van der Waals surface area contributed by atoms with Crippen LogP contribution in [0, 0.1) is 13.8 Å². The molecule has 2 aromatic carbocycles. The Kier molecular flexibility index (Phi) is 4.95. The van der Waals surface area contributed by atoms with E-state index in [1.807, 2.05) is 55.1 Å². The first-order valence-corrected chi connectivity index (χ1v) is 8.55. The predicted octanol–water partition coefficient (Wildman–Crippen LogP) is 4.31. The first kappa shape index (κ1) is 16.7. The van der Waals surface area contributed by atoms with Gasteiger partial charge in [0, 0.05) is 42.6 Å². The van der Waals surface area contributed by atoms with E-state index in [0.29, 0.717) is 13.1 Å². The summed E-state index contributed by atoms with van der Waals surface area (Å²) in [6, 6.07) is 13.8. The summed E-state index contributed by atoms with van der Waals surface area (Å²) in [5.74, 6) is 0. The van der Waals surface area contributed by atoms with Crippen molar-refractivity contribution < 1.29 is 4.79 Å². The summed E-state index contributed by atoms with van der Waals surface area (Å²) >= 11 is 6.21. The molecule has 0 bridgehead atoms. The van der Waals surface area contributed by atoms with Gasteiger partial charge in [0.15, 0.2) is 0 Å². The van der Waals surface area contributed by atoms with Gasteiger partial charge in [-0.05, 0) is 43.7 Å². The van der Waals surface area contributed by atoms with Crippen LogP contribution in [0.15, 0.2) is 42.5 Å². The Bertz CT molecular complexity index is 722. The van der Waals surface area contributed by atoms with Crippen LogP contribution in [-0.4, -0.2) is 37.1 Å². The number of piperazine rings is 1. The maximum atomic E-state index is 12.4. The van der Waals surface area contributed by atoms with Crippen molar-refractivity contribution in [1.82, 2.24) is 4.90 Å². The number of aryl methyl sites for hydroxylation is 1. The molecule has 0 atom stereocenters. The second-order valence-corrected chi connectivity index (χ2v) is 6.56. The van der Waals surface area contributed by atoms with Crippen LogP contribution < -0.4 is 10.2 Å². The van der Waals surface area contributed by atoms with E-state index in [1.165, 1.54) is 5.56 Å². The summed E-state index contributed by atoms with van der Waals surface area (Å²) in [7, 11) is 0. The number of halogens is 1. The van der Waals surface area contributed by atoms with Crippen LogP contribution in [0.3, 0.4) is 0 Å². The van der Waals surface area contributed by atoms with Gasteiger partial charge < -0.3 is 15.1 Å². The monoisotopic (exact) mass is 343 g/mol. The number of hydrogen-bond acceptors (Lipinski definition) is 2. The number of nitrogens with one attached hydrogen (secondary N) is 1. The molecule has 1 N–H and O–H groups in total. The molecule has 3 rings (SSSR count). The average molecular weight is 344 g/mol. The Morgan fingerprint density at radius 3 is 2.33 bits per heavy atom. The molecule has 5 heteroatoms. The zero-order valence-electron chi connectivity index (χ0n) is 14.1. The van der Waals surface area contributed by atoms with E-state index in [1.54, 1.807) is 0 Å². The number of nitrogens with zero attached hydrogens (tertiary/aromatic N) is 2. The highest BCUT2D eigenvalue weighted by molar-refractivity contribution is 6.31. The summed E-state index contributed by atoms with van der Waals surface area (Å²) in [5.41, 5.74) is 4.26. The van der Waals surface area contributed by atoms with Crippen molar-refractivity contribution in [2.75, 3.05) is 36.4 Å². The van der Waals surface area contributed by atoms with Crippen molar-refractivity contribution in [1.29, 1.82) is 0 Å². The first-order chi connectivity index (χ1) is 11.5. The molecule has 1 aliphatic heterocycles. The number of amides is 2. The molecule has 1 aliphatic rings. The summed E-state index contributed by atoms with van der Waals surface area (Å²) in [6.45, 7) is 7.08. The highest BCUT2D eigenvalue weighted by Crippen LogP contribution is 2.27. The van der Waals surface area contributed by atoms with Crippen LogP contribution in [-0.2, 0) is 0 Å². The van der Waals surface area contributed by atoms with Gasteiger partial charge >= 0.3 is 6.03 Å². The third kappa shape index (κ3) is 3.65. The van der Waals surface area contributed by atoms with E-state index >= 15 is 0 Å². The molecule has 24 heavy (non-hydrogen) atoms. The van der Waals surface area contributed by atoms with Gasteiger partial charge in [0.2, 0.25) is 0 Å². The number of carbonyl (C=O) groups excluding carboxylic acids is 1. The van der Waals surface area contributed by atoms with Crippen LogP contribution in [0.2, 0.25) is 5.02 Å². The van der Waals surface area contributed by atoms with Crippen LogP contribution in [0.25, 0.3) is 0 Å². The van der Waals surface area contributed by atoms with Gasteiger partial charge in [-0.25, -0.2) is 4.79 Å². The van der Waals surface area contributed by atoms with Crippen molar-refractivity contribution in [2.24, 2.45) is 0 Å². The fraction of sp³-hybridized carbons (Fsp3) is 0.316. The van der Waals surface area contributed by atoms with Crippen LogP contribution in [0.5, 0.6) is 0 Å². The number of hydrogen-bond donors (Lipinski definition) is 1. The Morgan fingerprint density at radius 2 is 1.67 bits per heavy atom. The molecule has 0 unspecified atom stereocenters. The van der Waals surface area contributed by atoms with Crippen molar-refractivity contribution in [3.8, 4) is 0 Å². The molecule has 0 radical (unpaired) electrons. The topological polar surface area (TPSA) is 35.6 Å². The summed E-state index contributed by atoms with van der Waals surface area (Å²) in [6.07, 6.45) is 0. The summed E-state index contributed by atoms with van der Waals surface area (Å²) in [4.78, 5) is 16.5. The summed E-state index contributed by atoms with van der Waals surface area (Å²) in [5, 5.41) is 3.75. The number of benzene rings is 2. The van der Waals surface area contributed by atoms with E-state index in [9.17, 15) is 4.79 Å². The highest BCUT2D eigenvalue weighted by atomic mass is 35.5. The molecule has 0 spiro atoms. The van der Waals surface area contributed by atoms with Crippen molar-refractivity contribution >= 4 is 29.0 Å². The first-order valence-electron chi connectivity index (χ1n) is 8.17. The van der Waals surface area contributed by atoms with Gasteiger partial charge in [-0.1, -0.05) is 35.4 Å².